The van der Waals surface area contributed by atoms with Crippen molar-refractivity contribution in [2.75, 3.05) is 65.0 Å². The molecule has 4 aliphatic heterocycles. The van der Waals surface area contributed by atoms with Gasteiger partial charge in [0.15, 0.2) is 0 Å². The Morgan fingerprint density at radius 1 is 0.551 bits per heavy atom. The van der Waals surface area contributed by atoms with E-state index in [1.54, 1.807) is 74.8 Å². The molecular formula is C64H86N16O9. The van der Waals surface area contributed by atoms with E-state index in [2.05, 4.69) is 45.4 Å². The molecule has 5 amide bonds. The quantitative estimate of drug-likeness (QED) is 0.0992. The number of hydrogen-bond donors (Lipinski definition) is 4. The number of anilines is 4. The van der Waals surface area contributed by atoms with E-state index in [0.29, 0.717) is 71.3 Å². The SMILES string of the molecule is CC(C)(C)OC(=O)N1C2CCNCC1CC2.CN(C)C(=O)c1cc2cnc(Nc3ccc(C(=O)N4CCC5CCC(C4)N5C(=O)OC(C)(C)C)cn3)nc2n1C1CCCC1.CN(C)C(=O)c1cc2cnc(Nc3ccc(C(=O)O)cn3)nc2n1C1CCCC1. The summed E-state index contributed by atoms with van der Waals surface area (Å²) in [5.41, 5.74) is 2.31. The molecule has 0 radical (unpaired) electrons. The molecule has 0 aromatic carbocycles. The zero-order valence-electron chi connectivity index (χ0n) is 53.0. The zero-order valence-corrected chi connectivity index (χ0v) is 53.0. The fourth-order valence-electron chi connectivity index (χ4n) is 13.1. The number of likely N-dealkylation sites (tertiary alicyclic amines) is 1. The van der Waals surface area contributed by atoms with Gasteiger partial charge in [0.1, 0.15) is 45.5 Å². The number of ether oxygens (including phenoxy) is 2. The van der Waals surface area contributed by atoms with Gasteiger partial charge in [0.2, 0.25) is 11.9 Å². The molecule has 4 saturated heterocycles. The van der Waals surface area contributed by atoms with Crippen molar-refractivity contribution in [2.45, 2.75) is 179 Å². The molecular weight excluding hydrogens is 1140 g/mol. The second-order valence-corrected chi connectivity index (χ2v) is 26.5. The lowest BCUT2D eigenvalue weighted by molar-refractivity contribution is 0.0145. The number of hydrogen-bond acceptors (Lipinski definition) is 17. The highest BCUT2D eigenvalue weighted by Crippen LogP contribution is 2.38. The van der Waals surface area contributed by atoms with Crippen LogP contribution in [0.4, 0.5) is 33.1 Å². The predicted octanol–water partition coefficient (Wildman–Crippen LogP) is 9.83. The summed E-state index contributed by atoms with van der Waals surface area (Å²) < 4.78 is 15.3. The number of aromatic nitrogens is 8. The molecule has 2 aliphatic carbocycles. The fourth-order valence-corrected chi connectivity index (χ4v) is 13.1. The van der Waals surface area contributed by atoms with Crippen LogP contribution in [0.5, 0.6) is 0 Å². The number of rotatable bonds is 10. The lowest BCUT2D eigenvalue weighted by Gasteiger charge is -2.31. The number of carbonyl (C=O) groups excluding carboxylic acids is 5. The topological polar surface area (TPSA) is 281 Å². The number of carboxylic acids is 1. The van der Waals surface area contributed by atoms with Crippen LogP contribution >= 0.6 is 0 Å². The van der Waals surface area contributed by atoms with Crippen molar-refractivity contribution in [1.29, 1.82) is 0 Å². The predicted molar refractivity (Wildman–Crippen MR) is 336 cm³/mol. The summed E-state index contributed by atoms with van der Waals surface area (Å²) >= 11 is 0. The molecule has 2 saturated carbocycles. The Balaban J connectivity index is 0.000000165. The summed E-state index contributed by atoms with van der Waals surface area (Å²) in [6, 6.07) is 11.5. The number of carboxylic acid groups (broad SMARTS) is 1. The van der Waals surface area contributed by atoms with Crippen LogP contribution in [0.3, 0.4) is 0 Å². The highest BCUT2D eigenvalue weighted by atomic mass is 16.6. The molecule has 89 heavy (non-hydrogen) atoms. The minimum atomic E-state index is -1.03. The Labute approximate surface area is 519 Å². The summed E-state index contributed by atoms with van der Waals surface area (Å²) in [5, 5.41) is 20.2. The first-order valence-electron chi connectivity index (χ1n) is 31.3. The van der Waals surface area contributed by atoms with Gasteiger partial charge in [-0.3, -0.25) is 14.4 Å². The van der Waals surface area contributed by atoms with Gasteiger partial charge in [-0.2, -0.15) is 9.97 Å². The molecule has 4 atom stereocenters. The molecule has 4 N–H and O–H groups in total. The number of aromatic carboxylic acids is 1. The maximum Gasteiger partial charge on any atom is 0.410 e. The monoisotopic (exact) mass is 1220 g/mol. The van der Waals surface area contributed by atoms with Gasteiger partial charge in [-0.15, -0.1) is 0 Å². The maximum atomic E-state index is 13.5. The molecule has 476 valence electrons. The van der Waals surface area contributed by atoms with Crippen molar-refractivity contribution < 1.29 is 43.3 Å². The van der Waals surface area contributed by atoms with Crippen molar-refractivity contribution in [2.24, 2.45) is 0 Å². The molecule has 12 rings (SSSR count). The lowest BCUT2D eigenvalue weighted by Crippen LogP contribution is -2.46. The molecule has 0 spiro atoms. The van der Waals surface area contributed by atoms with Gasteiger partial charge in [0.05, 0.1) is 17.2 Å². The minimum Gasteiger partial charge on any atom is -0.478 e. The molecule has 25 nitrogen and oxygen atoms in total. The molecule has 6 aromatic heterocycles. The van der Waals surface area contributed by atoms with Crippen molar-refractivity contribution in [3.63, 3.8) is 0 Å². The van der Waals surface area contributed by atoms with E-state index in [0.717, 1.165) is 119 Å². The standard InChI is InChI=1S/C32H42N8O4.C20H22N6O3.C12H22N2O2/c1-32(2,3)44-31(43)39-23-11-12-24(39)19-38(15-14-23)28(41)20-10-13-26(33-17-20)35-30-34-18-21-16-25(29(42)37(4)5)40(27(21)36-30)22-8-6-7-9-22;1-25(2)18(27)15-9-13-11-22-20(23-16-8-7-12(10-21-16)19(28)29)24-17(13)26(15)14-5-3-4-6-14;1-12(2,3)16-11(15)14-9-4-5-10(14)8-13-7-6-9/h10,13,16-18,22-24H,6-9,11-12,14-15,19H2,1-5H3,(H,33,34,35,36);7-11,14H,3-6H2,1-2H3,(H,28,29)(H,21,22,23,24);9-10,13H,4-8H2,1-3H3. The number of fused-ring (bicyclic) bond motifs is 6. The summed E-state index contributed by atoms with van der Waals surface area (Å²) in [5.74, 6) is 0.412. The highest BCUT2D eigenvalue weighted by Gasteiger charge is 2.44. The Bertz CT molecular complexity index is 3530. The summed E-state index contributed by atoms with van der Waals surface area (Å²) in [6.45, 7) is 14.3. The average Bonchev–Trinajstić information content (AvgIpc) is 2.85. The van der Waals surface area contributed by atoms with Gasteiger partial charge in [-0.1, -0.05) is 25.7 Å². The lowest BCUT2D eigenvalue weighted by atomic mass is 10.1. The first kappa shape index (κ1) is 63.5. The smallest absolute Gasteiger partial charge is 0.410 e. The van der Waals surface area contributed by atoms with Crippen molar-refractivity contribution in [3.05, 3.63) is 83.7 Å². The third-order valence-electron chi connectivity index (χ3n) is 17.2. The van der Waals surface area contributed by atoms with Crippen molar-refractivity contribution in [1.82, 2.24) is 68.9 Å². The molecule has 4 bridgehead atoms. The van der Waals surface area contributed by atoms with E-state index < -0.39 is 17.2 Å². The fraction of sp³-hybridized carbons (Fsp3) is 0.562. The molecule has 6 fully saturated rings. The second-order valence-electron chi connectivity index (χ2n) is 26.5. The molecule has 10 heterocycles. The number of amides is 5. The summed E-state index contributed by atoms with van der Waals surface area (Å²) in [4.78, 5) is 111. The molecule has 6 aromatic rings. The van der Waals surface area contributed by atoms with Gasteiger partial charge in [-0.25, -0.2) is 34.3 Å². The van der Waals surface area contributed by atoms with E-state index >= 15 is 0 Å². The Kier molecular flexibility index (Phi) is 19.1. The van der Waals surface area contributed by atoms with E-state index in [1.165, 1.54) is 12.3 Å². The van der Waals surface area contributed by atoms with Crippen LogP contribution < -0.4 is 16.0 Å². The van der Waals surface area contributed by atoms with Gasteiger partial charge >= 0.3 is 18.2 Å². The number of nitrogens with zero attached hydrogens (tertiary/aromatic N) is 13. The first-order chi connectivity index (χ1) is 42.4. The van der Waals surface area contributed by atoms with Gasteiger partial charge in [0, 0.05) is 114 Å². The summed E-state index contributed by atoms with van der Waals surface area (Å²) in [7, 11) is 6.99. The van der Waals surface area contributed by atoms with Crippen LogP contribution in [0.1, 0.15) is 185 Å². The third-order valence-corrected chi connectivity index (χ3v) is 17.2. The zero-order chi connectivity index (χ0) is 63.5. The maximum absolute atomic E-state index is 13.5. The van der Waals surface area contributed by atoms with Crippen molar-refractivity contribution >= 4 is 81.5 Å². The Morgan fingerprint density at radius 3 is 1.45 bits per heavy atom. The van der Waals surface area contributed by atoms with Crippen LogP contribution in [0, 0.1) is 0 Å². The van der Waals surface area contributed by atoms with E-state index in [9.17, 15) is 28.8 Å². The molecule has 4 unspecified atom stereocenters. The number of pyridine rings is 2. The summed E-state index contributed by atoms with van der Waals surface area (Å²) in [6.07, 6.45) is 20.2. The van der Waals surface area contributed by atoms with Gasteiger partial charge < -0.3 is 64.2 Å². The van der Waals surface area contributed by atoms with E-state index in [1.807, 2.05) is 72.9 Å². The average molecular weight is 1220 g/mol. The van der Waals surface area contributed by atoms with E-state index in [4.69, 9.17) is 19.6 Å². The Hall–Kier alpha value is -8.48. The molecule has 6 aliphatic rings. The van der Waals surface area contributed by atoms with Crippen LogP contribution in [-0.2, 0) is 9.47 Å². The van der Waals surface area contributed by atoms with Gasteiger partial charge in [-0.05, 0) is 149 Å². The second kappa shape index (κ2) is 26.7. The van der Waals surface area contributed by atoms with Crippen molar-refractivity contribution in [3.8, 4) is 0 Å². The van der Waals surface area contributed by atoms with Crippen LogP contribution in [0.25, 0.3) is 22.1 Å². The Morgan fingerprint density at radius 2 is 1.00 bits per heavy atom. The van der Waals surface area contributed by atoms with E-state index in [-0.39, 0.29) is 59.6 Å². The third kappa shape index (κ3) is 14.8. The molecule has 25 heteroatoms. The first-order valence-corrected chi connectivity index (χ1v) is 31.3. The minimum absolute atomic E-state index is 0.0545. The van der Waals surface area contributed by atoms with Crippen LogP contribution in [0.2, 0.25) is 0 Å². The van der Waals surface area contributed by atoms with Gasteiger partial charge in [0.25, 0.3) is 17.7 Å². The largest absolute Gasteiger partial charge is 0.478 e. The highest BCUT2D eigenvalue weighted by molar-refractivity contribution is 5.99. The van der Waals surface area contributed by atoms with Crippen LogP contribution in [-0.4, -0.2) is 194 Å². The number of carbonyl (C=O) groups is 6. The number of nitrogens with one attached hydrogen (secondary N) is 3. The van der Waals surface area contributed by atoms with Crippen LogP contribution in [0.15, 0.2) is 61.2 Å². The normalized spacial score (nSPS) is 20.2.